The van der Waals surface area contributed by atoms with Crippen molar-refractivity contribution in [2.24, 2.45) is 4.99 Å². The van der Waals surface area contributed by atoms with Gasteiger partial charge in [-0.1, -0.05) is 22.9 Å². The average molecular weight is 423 g/mol. The van der Waals surface area contributed by atoms with E-state index in [4.69, 9.17) is 21.1 Å². The topological polar surface area (TPSA) is 52.8 Å². The smallest absolute Gasteiger partial charge is 0.279 e. The highest BCUT2D eigenvalue weighted by Crippen LogP contribution is 2.24. The SMILES string of the molecule is COc1cc(OC)cc(C(=O)N=c2sc3cc(Cl)ccc3n2CCSC)c1. The first-order chi connectivity index (χ1) is 13.0. The van der Waals surface area contributed by atoms with Crippen LogP contribution in [0.4, 0.5) is 0 Å². The fourth-order valence-electron chi connectivity index (χ4n) is 2.61. The standard InChI is InChI=1S/C19H19ClN2O3S2/c1-24-14-8-12(9-15(11-14)25-2)18(23)21-19-22(6-7-26-3)16-5-4-13(20)10-17(16)27-19/h4-5,8-11H,6-7H2,1-3H3. The minimum Gasteiger partial charge on any atom is -0.497 e. The first kappa shape index (κ1) is 19.8. The zero-order valence-corrected chi connectivity index (χ0v) is 17.6. The third-order valence-corrected chi connectivity index (χ3v) is 5.83. The van der Waals surface area contributed by atoms with Gasteiger partial charge >= 0.3 is 0 Å². The lowest BCUT2D eigenvalue weighted by Gasteiger charge is -2.06. The van der Waals surface area contributed by atoms with E-state index in [-0.39, 0.29) is 5.91 Å². The number of fused-ring (bicyclic) bond motifs is 1. The number of hydrogen-bond acceptors (Lipinski definition) is 5. The van der Waals surface area contributed by atoms with Crippen LogP contribution in [0.2, 0.25) is 5.02 Å². The van der Waals surface area contributed by atoms with Crippen molar-refractivity contribution in [3.63, 3.8) is 0 Å². The van der Waals surface area contributed by atoms with Crippen molar-refractivity contribution in [1.29, 1.82) is 0 Å². The number of nitrogens with zero attached hydrogens (tertiary/aromatic N) is 2. The molecule has 0 saturated heterocycles. The number of hydrogen-bond donors (Lipinski definition) is 0. The molecular formula is C19H19ClN2O3S2. The lowest BCUT2D eigenvalue weighted by atomic mass is 10.2. The van der Waals surface area contributed by atoms with Gasteiger partial charge in [0.2, 0.25) is 0 Å². The number of ether oxygens (including phenoxy) is 2. The predicted octanol–water partition coefficient (Wildman–Crippen LogP) is 4.48. The van der Waals surface area contributed by atoms with Gasteiger partial charge in [-0.3, -0.25) is 4.79 Å². The highest BCUT2D eigenvalue weighted by Gasteiger charge is 2.12. The van der Waals surface area contributed by atoms with Crippen LogP contribution in [0, 0.1) is 0 Å². The van der Waals surface area contributed by atoms with Crippen LogP contribution in [0.1, 0.15) is 10.4 Å². The molecule has 27 heavy (non-hydrogen) atoms. The molecule has 0 aliphatic heterocycles. The second kappa shape index (κ2) is 8.82. The maximum atomic E-state index is 12.8. The molecule has 0 fully saturated rings. The Kier molecular flexibility index (Phi) is 6.46. The van der Waals surface area contributed by atoms with Gasteiger partial charge in [-0.2, -0.15) is 16.8 Å². The van der Waals surface area contributed by atoms with Gasteiger partial charge in [-0.25, -0.2) is 0 Å². The molecule has 3 rings (SSSR count). The summed E-state index contributed by atoms with van der Waals surface area (Å²) in [5.41, 5.74) is 1.44. The molecule has 0 aliphatic carbocycles. The molecule has 3 aromatic rings. The third-order valence-electron chi connectivity index (χ3n) is 3.96. The van der Waals surface area contributed by atoms with Gasteiger partial charge in [-0.15, -0.1) is 0 Å². The molecule has 1 amide bonds. The van der Waals surface area contributed by atoms with Crippen LogP contribution >= 0.6 is 34.7 Å². The summed E-state index contributed by atoms with van der Waals surface area (Å²) >= 11 is 9.32. The number of halogens is 1. The summed E-state index contributed by atoms with van der Waals surface area (Å²) in [7, 11) is 3.10. The largest absolute Gasteiger partial charge is 0.497 e. The summed E-state index contributed by atoms with van der Waals surface area (Å²) in [6, 6.07) is 10.7. The van der Waals surface area contributed by atoms with E-state index in [0.717, 1.165) is 22.5 Å². The zero-order valence-electron chi connectivity index (χ0n) is 15.2. The Morgan fingerprint density at radius 2 is 1.89 bits per heavy atom. The number of thioether (sulfide) groups is 1. The molecule has 0 aliphatic rings. The summed E-state index contributed by atoms with van der Waals surface area (Å²) in [6.07, 6.45) is 2.05. The van der Waals surface area contributed by atoms with Crippen LogP contribution < -0.4 is 14.3 Å². The lowest BCUT2D eigenvalue weighted by molar-refractivity contribution is 0.0997. The second-order valence-corrected chi connectivity index (χ2v) is 8.09. The monoisotopic (exact) mass is 422 g/mol. The lowest BCUT2D eigenvalue weighted by Crippen LogP contribution is -2.18. The number of rotatable bonds is 6. The van der Waals surface area contributed by atoms with Gasteiger partial charge in [0.15, 0.2) is 4.80 Å². The van der Waals surface area contributed by atoms with Crippen LogP contribution in [-0.2, 0) is 6.54 Å². The van der Waals surface area contributed by atoms with Gasteiger partial charge in [0.25, 0.3) is 5.91 Å². The van der Waals surface area contributed by atoms with Gasteiger partial charge in [0, 0.05) is 29.0 Å². The molecule has 0 atom stereocenters. The van der Waals surface area contributed by atoms with Gasteiger partial charge in [0.05, 0.1) is 24.4 Å². The number of aryl methyl sites for hydroxylation is 1. The van der Waals surface area contributed by atoms with Crippen molar-refractivity contribution in [2.75, 3.05) is 26.2 Å². The van der Waals surface area contributed by atoms with Crippen LogP contribution in [0.5, 0.6) is 11.5 Å². The Morgan fingerprint density at radius 1 is 1.19 bits per heavy atom. The molecular weight excluding hydrogens is 404 g/mol. The van der Waals surface area contributed by atoms with E-state index < -0.39 is 0 Å². The molecule has 0 spiro atoms. The molecule has 142 valence electrons. The Morgan fingerprint density at radius 3 is 2.52 bits per heavy atom. The number of carbonyl (C=O) groups is 1. The first-order valence-electron chi connectivity index (χ1n) is 8.15. The molecule has 0 bridgehead atoms. The van der Waals surface area contributed by atoms with Crippen molar-refractivity contribution in [3.8, 4) is 11.5 Å². The normalized spacial score (nSPS) is 11.8. The first-order valence-corrected chi connectivity index (χ1v) is 10.7. The van der Waals surface area contributed by atoms with Gasteiger partial charge in [0.1, 0.15) is 11.5 Å². The van der Waals surface area contributed by atoms with E-state index in [1.807, 2.05) is 18.2 Å². The van der Waals surface area contributed by atoms with E-state index in [0.29, 0.717) is 26.9 Å². The van der Waals surface area contributed by atoms with Crippen molar-refractivity contribution in [3.05, 3.63) is 51.8 Å². The molecule has 5 nitrogen and oxygen atoms in total. The predicted molar refractivity (Wildman–Crippen MR) is 113 cm³/mol. The minimum atomic E-state index is -0.345. The number of carbonyl (C=O) groups excluding carboxylic acids is 1. The molecule has 0 radical (unpaired) electrons. The maximum Gasteiger partial charge on any atom is 0.279 e. The molecule has 1 heterocycles. The number of benzene rings is 2. The Labute approximate surface area is 170 Å². The molecule has 0 N–H and O–H groups in total. The molecule has 2 aromatic carbocycles. The van der Waals surface area contributed by atoms with Gasteiger partial charge < -0.3 is 14.0 Å². The quantitative estimate of drug-likeness (QED) is 0.587. The summed E-state index contributed by atoms with van der Waals surface area (Å²) in [5, 5.41) is 0.663. The Balaban J connectivity index is 2.10. The summed E-state index contributed by atoms with van der Waals surface area (Å²) < 4.78 is 13.5. The van der Waals surface area contributed by atoms with Crippen LogP contribution in [-0.4, -0.2) is 36.7 Å². The second-order valence-electron chi connectivity index (χ2n) is 5.66. The number of thiazole rings is 1. The maximum absolute atomic E-state index is 12.8. The molecule has 8 heteroatoms. The van der Waals surface area contributed by atoms with Crippen molar-refractivity contribution in [2.45, 2.75) is 6.54 Å². The molecule has 0 saturated carbocycles. The zero-order chi connectivity index (χ0) is 19.4. The fourth-order valence-corrected chi connectivity index (χ4v) is 4.31. The van der Waals surface area contributed by atoms with E-state index >= 15 is 0 Å². The highest BCUT2D eigenvalue weighted by atomic mass is 35.5. The van der Waals surface area contributed by atoms with Crippen molar-refractivity contribution >= 4 is 50.8 Å². The number of amides is 1. The minimum absolute atomic E-state index is 0.345. The Hall–Kier alpha value is -1.96. The van der Waals surface area contributed by atoms with Crippen molar-refractivity contribution in [1.82, 2.24) is 4.57 Å². The fraction of sp³-hybridized carbons (Fsp3) is 0.263. The highest BCUT2D eigenvalue weighted by molar-refractivity contribution is 7.98. The van der Waals surface area contributed by atoms with E-state index in [1.54, 1.807) is 44.2 Å². The van der Waals surface area contributed by atoms with Gasteiger partial charge in [-0.05, 0) is 36.6 Å². The van der Waals surface area contributed by atoms with Crippen LogP contribution in [0.3, 0.4) is 0 Å². The van der Waals surface area contributed by atoms with Crippen LogP contribution in [0.25, 0.3) is 10.2 Å². The van der Waals surface area contributed by atoms with E-state index in [1.165, 1.54) is 11.3 Å². The third kappa shape index (κ3) is 4.48. The van der Waals surface area contributed by atoms with E-state index in [2.05, 4.69) is 15.8 Å². The van der Waals surface area contributed by atoms with Crippen LogP contribution in [0.15, 0.2) is 41.4 Å². The molecule has 0 unspecified atom stereocenters. The summed E-state index contributed by atoms with van der Waals surface area (Å²) in [4.78, 5) is 17.8. The summed E-state index contributed by atoms with van der Waals surface area (Å²) in [6.45, 7) is 0.760. The average Bonchev–Trinajstić information content (AvgIpc) is 3.01. The summed E-state index contributed by atoms with van der Waals surface area (Å²) in [5.74, 6) is 1.67. The molecule has 1 aromatic heterocycles. The number of methoxy groups -OCH3 is 2. The van der Waals surface area contributed by atoms with Crippen molar-refractivity contribution < 1.29 is 14.3 Å². The van der Waals surface area contributed by atoms with E-state index in [9.17, 15) is 4.79 Å². The Bertz CT molecular complexity index is 1020. The number of aromatic nitrogens is 1.